The predicted molar refractivity (Wildman–Crippen MR) is 144 cm³/mol. The van der Waals surface area contributed by atoms with Crippen LogP contribution < -0.4 is 10.6 Å². The minimum absolute atomic E-state index is 0.297. The summed E-state index contributed by atoms with van der Waals surface area (Å²) in [5.74, 6) is -0.297. The average Bonchev–Trinajstić information content (AvgIpc) is 3.28. The zero-order chi connectivity index (χ0) is 24.4. The van der Waals surface area contributed by atoms with E-state index in [2.05, 4.69) is 15.7 Å². The fraction of sp³-hybridized carbons (Fsp3) is 0.375. The number of carbonyl (C=O) groups is 1. The molecule has 1 aliphatic carbocycles. The Kier molecular flexibility index (Phi) is 7.82. The van der Waals surface area contributed by atoms with Gasteiger partial charge >= 0.3 is 5.97 Å². The first-order valence-corrected chi connectivity index (χ1v) is 13.1. The highest BCUT2D eigenvalue weighted by atomic mass is 35.5. The molecule has 0 saturated carbocycles. The number of nitrogens with one attached hydrogen (secondary N) is 2. The number of carbonyl (C=O) groups excluding carboxylic acids is 1. The van der Waals surface area contributed by atoms with Gasteiger partial charge in [0.2, 0.25) is 0 Å². The Balaban J connectivity index is 1.53. The van der Waals surface area contributed by atoms with Crippen LogP contribution in [0.15, 0.2) is 18.2 Å². The SMILES string of the molecule is CCOC(=O)c1c(NC(=S)Nc2c(C)nn(Cc3ccc(Cl)c(Cl)c3)c2C)sc2c1CCCC2. The standard InChI is InChI=1S/C24H26Cl2N4O2S2/c1-4-32-23(31)20-16-7-5-6-8-19(16)34-22(20)28-24(33)27-21-13(2)29-30(14(21)3)12-15-9-10-17(25)18(26)11-15/h9-11H,4-8,12H2,1-3H3,(H2,27,28,33). The molecular weight excluding hydrogens is 511 g/mol. The fourth-order valence-corrected chi connectivity index (χ4v) is 6.03. The molecule has 0 bridgehead atoms. The van der Waals surface area contributed by atoms with Gasteiger partial charge in [-0.05, 0) is 81.9 Å². The van der Waals surface area contributed by atoms with E-state index in [0.29, 0.717) is 33.9 Å². The molecule has 0 saturated heterocycles. The van der Waals surface area contributed by atoms with Gasteiger partial charge in [0.25, 0.3) is 0 Å². The largest absolute Gasteiger partial charge is 0.462 e. The monoisotopic (exact) mass is 536 g/mol. The zero-order valence-corrected chi connectivity index (χ0v) is 22.4. The van der Waals surface area contributed by atoms with Gasteiger partial charge in [-0.25, -0.2) is 4.79 Å². The number of esters is 1. The van der Waals surface area contributed by atoms with Crippen molar-refractivity contribution in [3.8, 4) is 0 Å². The maximum atomic E-state index is 12.7. The number of thiocarbonyl (C=S) groups is 1. The quantitative estimate of drug-likeness (QED) is 0.267. The van der Waals surface area contributed by atoms with Crippen molar-refractivity contribution >= 4 is 68.5 Å². The van der Waals surface area contributed by atoms with Crippen LogP contribution in [0.4, 0.5) is 10.7 Å². The summed E-state index contributed by atoms with van der Waals surface area (Å²) in [5.41, 5.74) is 5.30. The van der Waals surface area contributed by atoms with E-state index < -0.39 is 0 Å². The van der Waals surface area contributed by atoms with Crippen molar-refractivity contribution in [3.63, 3.8) is 0 Å². The normalized spacial score (nSPS) is 12.9. The van der Waals surface area contributed by atoms with E-state index >= 15 is 0 Å². The van der Waals surface area contributed by atoms with Gasteiger partial charge in [-0.3, -0.25) is 4.68 Å². The Bertz CT molecular complexity index is 1250. The first-order chi connectivity index (χ1) is 16.3. The van der Waals surface area contributed by atoms with Crippen molar-refractivity contribution in [3.05, 3.63) is 61.2 Å². The van der Waals surface area contributed by atoms with E-state index in [0.717, 1.165) is 58.9 Å². The topological polar surface area (TPSA) is 68.2 Å². The minimum Gasteiger partial charge on any atom is -0.462 e. The number of rotatable bonds is 6. The van der Waals surface area contributed by atoms with E-state index in [9.17, 15) is 4.79 Å². The number of thiophene rings is 1. The second-order valence-corrected chi connectivity index (χ2v) is 10.5. The molecule has 1 aliphatic rings. The Hall–Kier alpha value is -2.13. The van der Waals surface area contributed by atoms with E-state index in [1.165, 1.54) is 4.88 Å². The van der Waals surface area contributed by atoms with Crippen molar-refractivity contribution in [1.29, 1.82) is 0 Å². The Morgan fingerprint density at radius 3 is 2.71 bits per heavy atom. The lowest BCUT2D eigenvalue weighted by Gasteiger charge is -2.13. The molecule has 4 rings (SSSR count). The summed E-state index contributed by atoms with van der Waals surface area (Å²) >= 11 is 19.4. The van der Waals surface area contributed by atoms with E-state index in [1.54, 1.807) is 17.4 Å². The Morgan fingerprint density at radius 2 is 1.97 bits per heavy atom. The number of hydrogen-bond acceptors (Lipinski definition) is 5. The first-order valence-electron chi connectivity index (χ1n) is 11.2. The molecule has 2 N–H and O–H groups in total. The predicted octanol–water partition coefficient (Wildman–Crippen LogP) is 6.78. The maximum absolute atomic E-state index is 12.7. The van der Waals surface area contributed by atoms with Crippen LogP contribution in [0.2, 0.25) is 10.0 Å². The highest BCUT2D eigenvalue weighted by Crippen LogP contribution is 2.38. The van der Waals surface area contributed by atoms with Gasteiger partial charge in [0.1, 0.15) is 5.00 Å². The van der Waals surface area contributed by atoms with E-state index in [-0.39, 0.29) is 5.97 Å². The van der Waals surface area contributed by atoms with Crippen LogP contribution in [0.3, 0.4) is 0 Å². The van der Waals surface area contributed by atoms with Crippen LogP contribution in [0.1, 0.15) is 57.5 Å². The molecule has 34 heavy (non-hydrogen) atoms. The number of ether oxygens (including phenoxy) is 1. The lowest BCUT2D eigenvalue weighted by Crippen LogP contribution is -2.21. The number of anilines is 2. The molecular formula is C24H26Cl2N4O2S2. The molecule has 2 aromatic heterocycles. The van der Waals surface area contributed by atoms with Crippen molar-refractivity contribution in [2.75, 3.05) is 17.2 Å². The highest BCUT2D eigenvalue weighted by Gasteiger charge is 2.27. The molecule has 3 aromatic rings. The lowest BCUT2D eigenvalue weighted by atomic mass is 9.95. The molecule has 0 atom stereocenters. The third-order valence-electron chi connectivity index (χ3n) is 5.81. The Labute approximate surface area is 218 Å². The molecule has 0 spiro atoms. The smallest absolute Gasteiger partial charge is 0.341 e. The second kappa shape index (κ2) is 10.6. The summed E-state index contributed by atoms with van der Waals surface area (Å²) in [7, 11) is 0. The minimum atomic E-state index is -0.297. The van der Waals surface area contributed by atoms with Gasteiger partial charge in [0.15, 0.2) is 5.11 Å². The molecule has 1 aromatic carbocycles. The van der Waals surface area contributed by atoms with Gasteiger partial charge in [-0.15, -0.1) is 11.3 Å². The van der Waals surface area contributed by atoms with Crippen LogP contribution in [-0.2, 0) is 24.1 Å². The lowest BCUT2D eigenvalue weighted by molar-refractivity contribution is 0.0526. The Morgan fingerprint density at radius 1 is 1.21 bits per heavy atom. The number of aryl methyl sites for hydroxylation is 2. The van der Waals surface area contributed by atoms with Gasteiger partial charge < -0.3 is 15.4 Å². The third kappa shape index (κ3) is 5.25. The van der Waals surface area contributed by atoms with Gasteiger partial charge in [-0.2, -0.15) is 5.10 Å². The summed E-state index contributed by atoms with van der Waals surface area (Å²) in [6.07, 6.45) is 4.08. The summed E-state index contributed by atoms with van der Waals surface area (Å²) < 4.78 is 7.24. The summed E-state index contributed by atoms with van der Waals surface area (Å²) in [6, 6.07) is 5.55. The molecule has 0 amide bonds. The van der Waals surface area contributed by atoms with Crippen molar-refractivity contribution in [2.24, 2.45) is 0 Å². The number of halogens is 2. The summed E-state index contributed by atoms with van der Waals surface area (Å²) in [6.45, 7) is 6.61. The van der Waals surface area contributed by atoms with Crippen molar-refractivity contribution < 1.29 is 9.53 Å². The highest BCUT2D eigenvalue weighted by molar-refractivity contribution is 7.80. The third-order valence-corrected chi connectivity index (χ3v) is 7.96. The number of fused-ring (bicyclic) bond motifs is 1. The fourth-order valence-electron chi connectivity index (χ4n) is 4.16. The summed E-state index contributed by atoms with van der Waals surface area (Å²) in [4.78, 5) is 14.0. The number of aromatic nitrogens is 2. The zero-order valence-electron chi connectivity index (χ0n) is 19.3. The molecule has 6 nitrogen and oxygen atoms in total. The van der Waals surface area contributed by atoms with Crippen LogP contribution in [0.5, 0.6) is 0 Å². The molecule has 10 heteroatoms. The van der Waals surface area contributed by atoms with Crippen molar-refractivity contribution in [2.45, 2.75) is 53.0 Å². The van der Waals surface area contributed by atoms with Gasteiger partial charge in [0, 0.05) is 4.88 Å². The second-order valence-electron chi connectivity index (χ2n) is 8.17. The molecule has 0 aliphatic heterocycles. The molecule has 2 heterocycles. The average molecular weight is 538 g/mol. The number of hydrogen-bond donors (Lipinski definition) is 2. The number of benzene rings is 1. The molecule has 0 radical (unpaired) electrons. The molecule has 180 valence electrons. The van der Waals surface area contributed by atoms with Crippen LogP contribution in [0, 0.1) is 13.8 Å². The molecule has 0 fully saturated rings. The van der Waals surface area contributed by atoms with E-state index in [1.807, 2.05) is 37.6 Å². The number of nitrogens with zero attached hydrogens (tertiary/aromatic N) is 2. The van der Waals surface area contributed by atoms with Crippen LogP contribution in [-0.4, -0.2) is 27.5 Å². The maximum Gasteiger partial charge on any atom is 0.341 e. The van der Waals surface area contributed by atoms with Crippen LogP contribution in [0.25, 0.3) is 0 Å². The summed E-state index contributed by atoms with van der Waals surface area (Å²) in [5, 5.41) is 13.4. The van der Waals surface area contributed by atoms with Crippen molar-refractivity contribution in [1.82, 2.24) is 9.78 Å². The van der Waals surface area contributed by atoms with Gasteiger partial charge in [0.05, 0.1) is 45.8 Å². The van der Waals surface area contributed by atoms with Crippen LogP contribution >= 0.6 is 46.8 Å². The van der Waals surface area contributed by atoms with Gasteiger partial charge in [-0.1, -0.05) is 29.3 Å². The molecule has 0 unspecified atom stereocenters. The van der Waals surface area contributed by atoms with E-state index in [4.69, 9.17) is 40.2 Å². The first kappa shape index (κ1) is 25.0.